The molecule has 0 aromatic rings. The van der Waals surface area contributed by atoms with Gasteiger partial charge in [-0.15, -0.1) is 0 Å². The summed E-state index contributed by atoms with van der Waals surface area (Å²) in [5.74, 6) is -0.364. The highest BCUT2D eigenvalue weighted by atomic mass is 17.2. The van der Waals surface area contributed by atoms with Crippen LogP contribution >= 0.6 is 0 Å². The molecule has 3 atom stereocenters. The van der Waals surface area contributed by atoms with E-state index in [2.05, 4.69) is 6.08 Å². The molecule has 0 aliphatic carbocycles. The number of unbranched alkanes of at least 4 members (excludes halogenated alkanes) is 7. The average Bonchev–Trinajstić information content (AvgIpc) is 2.83. The van der Waals surface area contributed by atoms with Gasteiger partial charge in [0.05, 0.1) is 5.57 Å². The predicted molar refractivity (Wildman–Crippen MR) is 91.2 cm³/mol. The van der Waals surface area contributed by atoms with E-state index in [4.69, 9.17) is 14.5 Å². The summed E-state index contributed by atoms with van der Waals surface area (Å²) >= 11 is 0. The van der Waals surface area contributed by atoms with E-state index in [1.54, 1.807) is 6.92 Å². The van der Waals surface area contributed by atoms with E-state index in [1.165, 1.54) is 32.1 Å². The first-order valence-corrected chi connectivity index (χ1v) is 9.22. The van der Waals surface area contributed by atoms with Gasteiger partial charge in [0.15, 0.2) is 0 Å². The van der Waals surface area contributed by atoms with Gasteiger partial charge in [-0.2, -0.15) is 0 Å². The number of allylic oxidation sites excluding steroid dienone is 1. The van der Waals surface area contributed by atoms with Gasteiger partial charge < -0.3 is 9.84 Å². The van der Waals surface area contributed by atoms with Crippen LogP contribution in [0.25, 0.3) is 0 Å². The Morgan fingerprint density at radius 1 is 1.17 bits per heavy atom. The van der Waals surface area contributed by atoms with Gasteiger partial charge in [0.1, 0.15) is 24.9 Å². The number of esters is 1. The SMILES string of the molecule is C[C@@H]1OC(=O)/C(=C\CCCCCCCCC[C@H]2C=CCOO2)[C@H]1O. The summed E-state index contributed by atoms with van der Waals surface area (Å²) < 4.78 is 4.98. The number of aliphatic hydroxyl groups is 1. The Labute approximate surface area is 144 Å². The number of hydrogen-bond acceptors (Lipinski definition) is 5. The van der Waals surface area contributed by atoms with Crippen LogP contribution in [0.1, 0.15) is 64.7 Å². The molecule has 5 nitrogen and oxygen atoms in total. The summed E-state index contributed by atoms with van der Waals surface area (Å²) in [6.07, 6.45) is 15.1. The van der Waals surface area contributed by atoms with Gasteiger partial charge in [-0.25, -0.2) is 14.6 Å². The molecule has 2 rings (SSSR count). The highest BCUT2D eigenvalue weighted by Gasteiger charge is 2.34. The number of carbonyl (C=O) groups excluding carboxylic acids is 1. The quantitative estimate of drug-likeness (QED) is 0.217. The topological polar surface area (TPSA) is 65.0 Å². The van der Waals surface area contributed by atoms with E-state index in [0.29, 0.717) is 12.2 Å². The molecule has 0 radical (unpaired) electrons. The maximum Gasteiger partial charge on any atom is 0.336 e. The van der Waals surface area contributed by atoms with E-state index >= 15 is 0 Å². The van der Waals surface area contributed by atoms with Crippen molar-refractivity contribution in [3.63, 3.8) is 0 Å². The van der Waals surface area contributed by atoms with Crippen LogP contribution in [-0.2, 0) is 19.3 Å². The van der Waals surface area contributed by atoms with Crippen molar-refractivity contribution in [2.75, 3.05) is 6.61 Å². The van der Waals surface area contributed by atoms with Crippen LogP contribution in [0.5, 0.6) is 0 Å². The minimum absolute atomic E-state index is 0.132. The van der Waals surface area contributed by atoms with Gasteiger partial charge in [0, 0.05) is 0 Å². The Morgan fingerprint density at radius 3 is 2.50 bits per heavy atom. The lowest BCUT2D eigenvalue weighted by Gasteiger charge is -2.15. The standard InChI is InChI=1S/C19H30O5/c1-15-18(20)17(19(21)23-15)13-9-7-5-3-2-4-6-8-11-16-12-10-14-22-24-16/h10,12-13,15-16,18,20H,2-9,11,14H2,1H3/b17-13-/t15-,16-,18-/m0/s1. The largest absolute Gasteiger partial charge is 0.456 e. The first-order chi connectivity index (χ1) is 11.7. The van der Waals surface area contributed by atoms with E-state index in [9.17, 15) is 9.90 Å². The first kappa shape index (κ1) is 19.2. The van der Waals surface area contributed by atoms with Gasteiger partial charge in [-0.1, -0.05) is 56.8 Å². The van der Waals surface area contributed by atoms with Crippen molar-refractivity contribution in [2.45, 2.75) is 83.0 Å². The van der Waals surface area contributed by atoms with Gasteiger partial charge >= 0.3 is 5.97 Å². The van der Waals surface area contributed by atoms with Crippen LogP contribution in [0.15, 0.2) is 23.8 Å². The Bertz CT molecular complexity index is 443. The number of carbonyl (C=O) groups is 1. The molecule has 1 N–H and O–H groups in total. The molecular formula is C19H30O5. The summed E-state index contributed by atoms with van der Waals surface area (Å²) in [5, 5.41) is 9.81. The van der Waals surface area contributed by atoms with Crippen LogP contribution in [0.2, 0.25) is 0 Å². The van der Waals surface area contributed by atoms with Crippen molar-refractivity contribution in [3.05, 3.63) is 23.8 Å². The number of hydrogen-bond donors (Lipinski definition) is 1. The lowest BCUT2D eigenvalue weighted by atomic mass is 10.0. The second kappa shape index (κ2) is 10.6. The molecule has 0 bridgehead atoms. The van der Waals surface area contributed by atoms with Crippen LogP contribution in [-0.4, -0.2) is 36.0 Å². The smallest absolute Gasteiger partial charge is 0.336 e. The molecule has 0 amide bonds. The minimum Gasteiger partial charge on any atom is -0.456 e. The fourth-order valence-electron chi connectivity index (χ4n) is 3.06. The van der Waals surface area contributed by atoms with E-state index < -0.39 is 12.2 Å². The molecule has 0 spiro atoms. The lowest BCUT2D eigenvalue weighted by Crippen LogP contribution is -2.17. The van der Waals surface area contributed by atoms with Crippen LogP contribution < -0.4 is 0 Å². The Kier molecular flexibility index (Phi) is 8.50. The molecule has 5 heteroatoms. The molecule has 0 saturated carbocycles. The third kappa shape index (κ3) is 6.38. The Morgan fingerprint density at radius 2 is 1.88 bits per heavy atom. The molecule has 24 heavy (non-hydrogen) atoms. The van der Waals surface area contributed by atoms with Gasteiger partial charge in [-0.05, 0) is 26.2 Å². The molecule has 2 aliphatic heterocycles. The monoisotopic (exact) mass is 338 g/mol. The third-order valence-corrected chi connectivity index (χ3v) is 4.56. The molecular weight excluding hydrogens is 308 g/mol. The summed E-state index contributed by atoms with van der Waals surface area (Å²) in [6.45, 7) is 2.28. The number of ether oxygens (including phenoxy) is 1. The van der Waals surface area contributed by atoms with Gasteiger partial charge in [0.2, 0.25) is 0 Å². The molecule has 0 aromatic carbocycles. The zero-order chi connectivity index (χ0) is 17.2. The van der Waals surface area contributed by atoms with E-state index in [0.717, 1.165) is 25.7 Å². The van der Waals surface area contributed by atoms with Crippen LogP contribution in [0, 0.1) is 0 Å². The molecule has 2 aliphatic rings. The maximum absolute atomic E-state index is 11.5. The maximum atomic E-state index is 11.5. The summed E-state index contributed by atoms with van der Waals surface area (Å²) in [7, 11) is 0. The molecule has 1 saturated heterocycles. The van der Waals surface area contributed by atoms with Crippen LogP contribution in [0.4, 0.5) is 0 Å². The fraction of sp³-hybridized carbons (Fsp3) is 0.737. The van der Waals surface area contributed by atoms with Crippen molar-refractivity contribution in [1.29, 1.82) is 0 Å². The van der Waals surface area contributed by atoms with Crippen molar-refractivity contribution >= 4 is 5.97 Å². The van der Waals surface area contributed by atoms with Crippen molar-refractivity contribution in [2.24, 2.45) is 0 Å². The normalized spacial score (nSPS) is 28.5. The number of rotatable bonds is 10. The number of aliphatic hydroxyl groups excluding tert-OH is 1. The molecule has 2 heterocycles. The summed E-state index contributed by atoms with van der Waals surface area (Å²) in [4.78, 5) is 21.6. The van der Waals surface area contributed by atoms with Gasteiger partial charge in [-0.3, -0.25) is 0 Å². The Balaban J connectivity index is 1.42. The van der Waals surface area contributed by atoms with Crippen molar-refractivity contribution < 1.29 is 24.4 Å². The summed E-state index contributed by atoms with van der Waals surface area (Å²) in [6, 6.07) is 0. The van der Waals surface area contributed by atoms with E-state index in [-0.39, 0.29) is 12.1 Å². The van der Waals surface area contributed by atoms with Crippen molar-refractivity contribution in [3.8, 4) is 0 Å². The lowest BCUT2D eigenvalue weighted by molar-refractivity contribution is -0.313. The minimum atomic E-state index is -0.758. The van der Waals surface area contributed by atoms with Crippen molar-refractivity contribution in [1.82, 2.24) is 0 Å². The zero-order valence-electron chi connectivity index (χ0n) is 14.6. The fourth-order valence-corrected chi connectivity index (χ4v) is 3.06. The first-order valence-electron chi connectivity index (χ1n) is 9.22. The second-order valence-corrected chi connectivity index (χ2v) is 6.61. The Hall–Kier alpha value is -1.17. The molecule has 0 aromatic heterocycles. The zero-order valence-corrected chi connectivity index (χ0v) is 14.6. The molecule has 0 unspecified atom stereocenters. The predicted octanol–water partition coefficient (Wildman–Crippen LogP) is 3.62. The number of cyclic esters (lactones) is 1. The summed E-state index contributed by atoms with van der Waals surface area (Å²) in [5.41, 5.74) is 0.436. The van der Waals surface area contributed by atoms with Gasteiger partial charge in [0.25, 0.3) is 0 Å². The second-order valence-electron chi connectivity index (χ2n) is 6.61. The third-order valence-electron chi connectivity index (χ3n) is 4.56. The highest BCUT2D eigenvalue weighted by Crippen LogP contribution is 2.22. The van der Waals surface area contributed by atoms with E-state index in [1.807, 2.05) is 12.2 Å². The van der Waals surface area contributed by atoms with Crippen LogP contribution in [0.3, 0.4) is 0 Å². The molecule has 136 valence electrons. The molecule has 1 fully saturated rings. The highest BCUT2D eigenvalue weighted by molar-refractivity contribution is 5.92. The average molecular weight is 338 g/mol.